The number of thioether (sulfide) groups is 1. The highest BCUT2D eigenvalue weighted by Crippen LogP contribution is 2.24. The second-order valence-electron chi connectivity index (χ2n) is 3.96. The number of hydrogen-bond acceptors (Lipinski definition) is 3. The summed E-state index contributed by atoms with van der Waals surface area (Å²) in [4.78, 5) is 16.3. The third kappa shape index (κ3) is 4.58. The molecule has 0 aliphatic carbocycles. The molecule has 1 N–H and O–H groups in total. The maximum atomic E-state index is 10.9. The second kappa shape index (κ2) is 6.59. The molecule has 0 saturated carbocycles. The summed E-state index contributed by atoms with van der Waals surface area (Å²) in [7, 11) is 0. The van der Waals surface area contributed by atoms with Gasteiger partial charge in [0.2, 0.25) is 5.91 Å². The van der Waals surface area contributed by atoms with Crippen LogP contribution in [0.1, 0.15) is 12.6 Å². The van der Waals surface area contributed by atoms with Gasteiger partial charge in [-0.25, -0.2) is 0 Å². The Morgan fingerprint density at radius 1 is 1.32 bits per heavy atom. The van der Waals surface area contributed by atoms with Crippen molar-refractivity contribution in [2.45, 2.75) is 17.6 Å². The Morgan fingerprint density at radius 2 is 2.05 bits per heavy atom. The molecule has 0 aliphatic rings. The van der Waals surface area contributed by atoms with E-state index in [0.29, 0.717) is 5.02 Å². The van der Waals surface area contributed by atoms with Crippen LogP contribution in [0.2, 0.25) is 5.02 Å². The van der Waals surface area contributed by atoms with Gasteiger partial charge in [0, 0.05) is 34.5 Å². The first-order valence-corrected chi connectivity index (χ1v) is 7.11. The maximum Gasteiger partial charge on any atom is 0.221 e. The van der Waals surface area contributed by atoms with Gasteiger partial charge < -0.3 is 5.32 Å². The van der Waals surface area contributed by atoms with Crippen molar-refractivity contribution < 1.29 is 4.79 Å². The Kier molecular flexibility index (Phi) is 4.82. The first kappa shape index (κ1) is 13.9. The number of halogens is 1. The zero-order valence-corrected chi connectivity index (χ0v) is 12.0. The van der Waals surface area contributed by atoms with Gasteiger partial charge >= 0.3 is 0 Å². The van der Waals surface area contributed by atoms with E-state index >= 15 is 0 Å². The van der Waals surface area contributed by atoms with Crippen LogP contribution in [0.3, 0.4) is 0 Å². The third-order valence-corrected chi connectivity index (χ3v) is 3.62. The van der Waals surface area contributed by atoms with E-state index in [2.05, 4.69) is 10.3 Å². The lowest BCUT2D eigenvalue weighted by molar-refractivity contribution is -0.114. The Balaban J connectivity index is 1.94. The first-order chi connectivity index (χ1) is 9.13. The number of aromatic nitrogens is 1. The van der Waals surface area contributed by atoms with Gasteiger partial charge in [-0.1, -0.05) is 11.6 Å². The van der Waals surface area contributed by atoms with Gasteiger partial charge in [0.25, 0.3) is 0 Å². The van der Waals surface area contributed by atoms with Crippen LogP contribution in [0, 0.1) is 0 Å². The van der Waals surface area contributed by atoms with Gasteiger partial charge in [-0.3, -0.25) is 9.78 Å². The zero-order valence-electron chi connectivity index (χ0n) is 10.4. The molecule has 1 aromatic heterocycles. The molecule has 0 atom stereocenters. The van der Waals surface area contributed by atoms with Crippen molar-refractivity contribution in [3.63, 3.8) is 0 Å². The van der Waals surface area contributed by atoms with Gasteiger partial charge in [-0.05, 0) is 36.4 Å². The molecule has 1 amide bonds. The summed E-state index contributed by atoms with van der Waals surface area (Å²) in [5.74, 6) is 0.698. The fourth-order valence-electron chi connectivity index (χ4n) is 1.52. The number of pyridine rings is 1. The number of hydrogen-bond donors (Lipinski definition) is 1. The lowest BCUT2D eigenvalue weighted by Gasteiger charge is -2.04. The lowest BCUT2D eigenvalue weighted by atomic mass is 10.3. The number of rotatable bonds is 4. The Morgan fingerprint density at radius 3 is 2.68 bits per heavy atom. The number of carbonyl (C=O) groups is 1. The summed E-state index contributed by atoms with van der Waals surface area (Å²) in [6.07, 6.45) is 1.71. The molecule has 3 nitrogen and oxygen atoms in total. The predicted octanol–water partition coefficient (Wildman–Crippen LogP) is 3.99. The van der Waals surface area contributed by atoms with E-state index in [1.54, 1.807) is 24.0 Å². The fraction of sp³-hybridized carbons (Fsp3) is 0.143. The van der Waals surface area contributed by atoms with E-state index in [4.69, 9.17) is 11.6 Å². The summed E-state index contributed by atoms with van der Waals surface area (Å²) < 4.78 is 0. The highest BCUT2D eigenvalue weighted by molar-refractivity contribution is 7.98. The zero-order chi connectivity index (χ0) is 13.7. The van der Waals surface area contributed by atoms with Gasteiger partial charge in [0.15, 0.2) is 0 Å². The molecule has 0 aliphatic heterocycles. The van der Waals surface area contributed by atoms with Crippen LogP contribution in [-0.2, 0) is 10.5 Å². The van der Waals surface area contributed by atoms with Crippen LogP contribution < -0.4 is 5.32 Å². The number of benzene rings is 1. The molecule has 0 spiro atoms. The number of nitrogens with zero attached hydrogens (tertiary/aromatic N) is 1. The van der Waals surface area contributed by atoms with Crippen molar-refractivity contribution in [3.05, 3.63) is 53.3 Å². The Labute approximate surface area is 121 Å². The van der Waals surface area contributed by atoms with Gasteiger partial charge in [0.1, 0.15) is 0 Å². The lowest BCUT2D eigenvalue weighted by Crippen LogP contribution is -2.05. The number of nitrogens with one attached hydrogen (secondary N) is 1. The van der Waals surface area contributed by atoms with Crippen LogP contribution in [0.15, 0.2) is 47.5 Å². The summed E-state index contributed by atoms with van der Waals surface area (Å²) in [6, 6.07) is 11.3. The molecule has 2 aromatic rings. The quantitative estimate of drug-likeness (QED) is 0.867. The molecule has 0 unspecified atom stereocenters. The molecule has 2 rings (SSSR count). The molecule has 19 heavy (non-hydrogen) atoms. The van der Waals surface area contributed by atoms with E-state index in [0.717, 1.165) is 22.0 Å². The minimum atomic E-state index is -0.0662. The molecule has 0 bridgehead atoms. The minimum absolute atomic E-state index is 0.0662. The molecular weight excluding hydrogens is 280 g/mol. The van der Waals surface area contributed by atoms with Crippen molar-refractivity contribution in [2.75, 3.05) is 5.32 Å². The van der Waals surface area contributed by atoms with Gasteiger partial charge in [-0.15, -0.1) is 11.8 Å². The van der Waals surface area contributed by atoms with Crippen molar-refractivity contribution in [2.24, 2.45) is 0 Å². The third-order valence-electron chi connectivity index (χ3n) is 2.34. The average molecular weight is 293 g/mol. The van der Waals surface area contributed by atoms with E-state index < -0.39 is 0 Å². The molecule has 5 heteroatoms. The molecule has 0 radical (unpaired) electrons. The van der Waals surface area contributed by atoms with Crippen molar-refractivity contribution in [1.82, 2.24) is 4.98 Å². The van der Waals surface area contributed by atoms with Crippen LogP contribution >= 0.6 is 23.4 Å². The van der Waals surface area contributed by atoms with Crippen molar-refractivity contribution in [3.8, 4) is 0 Å². The summed E-state index contributed by atoms with van der Waals surface area (Å²) >= 11 is 7.58. The minimum Gasteiger partial charge on any atom is -0.326 e. The maximum absolute atomic E-state index is 10.9. The van der Waals surface area contributed by atoms with Crippen LogP contribution in [-0.4, -0.2) is 10.9 Å². The van der Waals surface area contributed by atoms with Crippen molar-refractivity contribution in [1.29, 1.82) is 0 Å². The van der Waals surface area contributed by atoms with E-state index in [1.807, 2.05) is 30.3 Å². The number of amides is 1. The molecular formula is C14H13ClN2OS. The predicted molar refractivity (Wildman–Crippen MR) is 79.6 cm³/mol. The smallest absolute Gasteiger partial charge is 0.221 e. The Bertz CT molecular complexity index is 572. The number of anilines is 1. The molecule has 0 saturated heterocycles. The topological polar surface area (TPSA) is 42.0 Å². The summed E-state index contributed by atoms with van der Waals surface area (Å²) in [5, 5.41) is 3.44. The van der Waals surface area contributed by atoms with Gasteiger partial charge in [0.05, 0.1) is 5.69 Å². The van der Waals surface area contributed by atoms with E-state index in [9.17, 15) is 4.79 Å². The van der Waals surface area contributed by atoms with E-state index in [1.165, 1.54) is 6.92 Å². The monoisotopic (exact) mass is 292 g/mol. The fourth-order valence-corrected chi connectivity index (χ4v) is 2.51. The molecule has 1 heterocycles. The van der Waals surface area contributed by atoms with Crippen LogP contribution in [0.5, 0.6) is 0 Å². The highest BCUT2D eigenvalue weighted by Gasteiger charge is 2.00. The summed E-state index contributed by atoms with van der Waals surface area (Å²) in [5.41, 5.74) is 1.75. The first-order valence-electron chi connectivity index (χ1n) is 5.74. The normalized spacial score (nSPS) is 10.2. The highest BCUT2D eigenvalue weighted by atomic mass is 35.5. The van der Waals surface area contributed by atoms with E-state index in [-0.39, 0.29) is 5.91 Å². The largest absolute Gasteiger partial charge is 0.326 e. The Hall–Kier alpha value is -1.52. The van der Waals surface area contributed by atoms with Crippen molar-refractivity contribution >= 4 is 35.0 Å². The standard InChI is InChI=1S/C14H13ClN2OS/c1-10(18)17-12-2-4-14(5-3-12)19-9-13-8-11(15)6-7-16-13/h2-8H,9H2,1H3,(H,17,18). The summed E-state index contributed by atoms with van der Waals surface area (Å²) in [6.45, 7) is 1.49. The van der Waals surface area contributed by atoms with Crippen LogP contribution in [0.25, 0.3) is 0 Å². The average Bonchev–Trinajstić information content (AvgIpc) is 2.37. The molecule has 98 valence electrons. The SMILES string of the molecule is CC(=O)Nc1ccc(SCc2cc(Cl)ccn2)cc1. The molecule has 1 aromatic carbocycles. The van der Waals surface area contributed by atoms with Gasteiger partial charge in [-0.2, -0.15) is 0 Å². The molecule has 0 fully saturated rings. The van der Waals surface area contributed by atoms with Crippen LogP contribution in [0.4, 0.5) is 5.69 Å². The number of carbonyl (C=O) groups excluding carboxylic acids is 1. The second-order valence-corrected chi connectivity index (χ2v) is 5.44.